The Morgan fingerprint density at radius 2 is 2.00 bits per heavy atom. The van der Waals surface area contributed by atoms with Gasteiger partial charge in [-0.2, -0.15) is 0 Å². The van der Waals surface area contributed by atoms with Crippen LogP contribution in [-0.2, 0) is 9.53 Å². The lowest BCUT2D eigenvalue weighted by molar-refractivity contribution is -0.131. The molecule has 1 saturated heterocycles. The van der Waals surface area contributed by atoms with Crippen LogP contribution in [0.15, 0.2) is 24.4 Å². The number of ether oxygens (including phenoxy) is 1. The predicted octanol–water partition coefficient (Wildman–Crippen LogP) is 1.43. The Morgan fingerprint density at radius 3 is 2.52 bits per heavy atom. The van der Waals surface area contributed by atoms with Gasteiger partial charge < -0.3 is 14.7 Å². The number of pyridine rings is 1. The average Bonchev–Trinajstić information content (AvgIpc) is 2.44. The minimum atomic E-state index is -1.02. The Labute approximate surface area is 123 Å². The van der Waals surface area contributed by atoms with Gasteiger partial charge in [-0.05, 0) is 31.6 Å². The van der Waals surface area contributed by atoms with Crippen LogP contribution >= 0.6 is 0 Å². The van der Waals surface area contributed by atoms with Gasteiger partial charge in [-0.15, -0.1) is 0 Å². The Bertz CT molecular complexity index is 543. The van der Waals surface area contributed by atoms with E-state index >= 15 is 0 Å². The summed E-state index contributed by atoms with van der Waals surface area (Å²) in [6.45, 7) is 4.96. The van der Waals surface area contributed by atoms with Gasteiger partial charge >= 0.3 is 5.97 Å². The Kier molecular flexibility index (Phi) is 4.70. The zero-order valence-corrected chi connectivity index (χ0v) is 12.0. The van der Waals surface area contributed by atoms with Gasteiger partial charge in [-0.25, -0.2) is 4.79 Å². The van der Waals surface area contributed by atoms with Crippen LogP contribution in [0.25, 0.3) is 6.08 Å². The van der Waals surface area contributed by atoms with Gasteiger partial charge in [0, 0.05) is 25.4 Å². The first-order valence-corrected chi connectivity index (χ1v) is 6.77. The number of carboxylic acids is 1. The topological polar surface area (TPSA) is 79.7 Å². The number of amides is 1. The molecule has 0 bridgehead atoms. The van der Waals surface area contributed by atoms with E-state index in [1.165, 1.54) is 12.3 Å². The molecule has 2 atom stereocenters. The largest absolute Gasteiger partial charge is 0.478 e. The molecular formula is C15H18N2O4. The zero-order valence-electron chi connectivity index (χ0n) is 12.0. The van der Waals surface area contributed by atoms with E-state index in [1.54, 1.807) is 17.0 Å². The summed E-state index contributed by atoms with van der Waals surface area (Å²) in [5.74, 6) is -1.16. The maximum Gasteiger partial charge on any atom is 0.328 e. The van der Waals surface area contributed by atoms with Gasteiger partial charge in [-0.1, -0.05) is 6.07 Å². The third kappa shape index (κ3) is 4.13. The number of hydrogen-bond donors (Lipinski definition) is 1. The van der Waals surface area contributed by atoms with E-state index in [9.17, 15) is 9.59 Å². The lowest BCUT2D eigenvalue weighted by Gasteiger charge is -2.35. The maximum atomic E-state index is 12.4. The smallest absolute Gasteiger partial charge is 0.328 e. The minimum Gasteiger partial charge on any atom is -0.478 e. The van der Waals surface area contributed by atoms with E-state index in [0.717, 1.165) is 6.08 Å². The highest BCUT2D eigenvalue weighted by atomic mass is 16.5. The third-order valence-electron chi connectivity index (χ3n) is 3.13. The number of aliphatic carboxylic acids is 1. The van der Waals surface area contributed by atoms with Gasteiger partial charge in [0.05, 0.1) is 12.2 Å². The molecular weight excluding hydrogens is 272 g/mol. The second-order valence-electron chi connectivity index (χ2n) is 5.12. The first-order valence-electron chi connectivity index (χ1n) is 6.77. The molecule has 1 N–H and O–H groups in total. The molecule has 1 amide bonds. The molecule has 2 rings (SSSR count). The molecule has 1 aromatic heterocycles. The highest BCUT2D eigenvalue weighted by molar-refractivity contribution is 5.92. The third-order valence-corrected chi connectivity index (χ3v) is 3.13. The Hall–Kier alpha value is -2.21. The van der Waals surface area contributed by atoms with Crippen LogP contribution in [0.1, 0.15) is 29.9 Å². The number of carboxylic acid groups (broad SMARTS) is 1. The predicted molar refractivity (Wildman–Crippen MR) is 76.8 cm³/mol. The van der Waals surface area contributed by atoms with Crippen LogP contribution in [0.5, 0.6) is 0 Å². The van der Waals surface area contributed by atoms with Gasteiger partial charge in [0.1, 0.15) is 5.69 Å². The number of hydrogen-bond acceptors (Lipinski definition) is 4. The van der Waals surface area contributed by atoms with Crippen molar-refractivity contribution in [2.45, 2.75) is 26.1 Å². The lowest BCUT2D eigenvalue weighted by atomic mass is 10.2. The van der Waals surface area contributed by atoms with Crippen LogP contribution < -0.4 is 0 Å². The summed E-state index contributed by atoms with van der Waals surface area (Å²) in [6, 6.07) is 3.28. The van der Waals surface area contributed by atoms with Crippen LogP contribution in [-0.4, -0.2) is 52.2 Å². The highest BCUT2D eigenvalue weighted by Crippen LogP contribution is 2.14. The Balaban J connectivity index is 2.07. The molecule has 0 radical (unpaired) electrons. The molecule has 1 aliphatic rings. The van der Waals surface area contributed by atoms with Crippen molar-refractivity contribution in [3.8, 4) is 0 Å². The maximum absolute atomic E-state index is 12.4. The van der Waals surface area contributed by atoms with Crippen LogP contribution in [0.4, 0.5) is 0 Å². The number of carbonyl (C=O) groups excluding carboxylic acids is 1. The molecule has 0 saturated carbocycles. The number of aromatic nitrogens is 1. The number of morpholine rings is 1. The lowest BCUT2D eigenvalue weighted by Crippen LogP contribution is -2.48. The van der Waals surface area contributed by atoms with Gasteiger partial charge in [0.15, 0.2) is 0 Å². The fourth-order valence-corrected chi connectivity index (χ4v) is 2.30. The van der Waals surface area contributed by atoms with E-state index < -0.39 is 5.97 Å². The monoisotopic (exact) mass is 290 g/mol. The fraction of sp³-hybridized carbons (Fsp3) is 0.400. The van der Waals surface area contributed by atoms with Crippen molar-refractivity contribution in [3.05, 3.63) is 35.7 Å². The summed E-state index contributed by atoms with van der Waals surface area (Å²) < 4.78 is 5.60. The molecule has 1 aliphatic heterocycles. The summed E-state index contributed by atoms with van der Waals surface area (Å²) in [4.78, 5) is 28.6. The molecule has 21 heavy (non-hydrogen) atoms. The SMILES string of the molecule is C[C@@H]1CN(C(=O)c2ccc(/C=C/C(=O)O)cn2)C[C@H](C)O1. The van der Waals surface area contributed by atoms with Gasteiger partial charge in [0.2, 0.25) is 0 Å². The summed E-state index contributed by atoms with van der Waals surface area (Å²) >= 11 is 0. The summed E-state index contributed by atoms with van der Waals surface area (Å²) in [5.41, 5.74) is 0.987. The first kappa shape index (κ1) is 15.2. The van der Waals surface area contributed by atoms with Crippen LogP contribution in [0, 0.1) is 0 Å². The standard InChI is InChI=1S/C15H18N2O4/c1-10-8-17(9-11(2)21-10)15(20)13-5-3-12(7-16-13)4-6-14(18)19/h3-7,10-11H,8-9H2,1-2H3,(H,18,19)/b6-4+/t10-,11+. The van der Waals surface area contributed by atoms with Crippen molar-refractivity contribution in [2.24, 2.45) is 0 Å². The second kappa shape index (κ2) is 6.49. The van der Waals surface area contributed by atoms with Crippen molar-refractivity contribution in [1.82, 2.24) is 9.88 Å². The highest BCUT2D eigenvalue weighted by Gasteiger charge is 2.27. The van der Waals surface area contributed by atoms with E-state index in [0.29, 0.717) is 24.3 Å². The average molecular weight is 290 g/mol. The van der Waals surface area contributed by atoms with E-state index in [4.69, 9.17) is 9.84 Å². The quantitative estimate of drug-likeness (QED) is 0.852. The minimum absolute atomic E-state index is 0.00970. The van der Waals surface area contributed by atoms with Crippen molar-refractivity contribution in [1.29, 1.82) is 0 Å². The molecule has 0 unspecified atom stereocenters. The number of rotatable bonds is 3. The molecule has 6 heteroatoms. The van der Waals surface area contributed by atoms with E-state index in [-0.39, 0.29) is 18.1 Å². The number of carbonyl (C=O) groups is 2. The molecule has 1 fully saturated rings. The molecule has 1 aromatic rings. The summed E-state index contributed by atoms with van der Waals surface area (Å²) in [6.07, 6.45) is 3.97. The van der Waals surface area contributed by atoms with Crippen molar-refractivity contribution in [3.63, 3.8) is 0 Å². The van der Waals surface area contributed by atoms with Crippen LogP contribution in [0.3, 0.4) is 0 Å². The van der Waals surface area contributed by atoms with Crippen LogP contribution in [0.2, 0.25) is 0 Å². The molecule has 6 nitrogen and oxygen atoms in total. The Morgan fingerprint density at radius 1 is 1.33 bits per heavy atom. The van der Waals surface area contributed by atoms with Crippen molar-refractivity contribution >= 4 is 18.0 Å². The number of nitrogens with zero attached hydrogens (tertiary/aromatic N) is 2. The second-order valence-corrected chi connectivity index (χ2v) is 5.12. The normalized spacial score (nSPS) is 22.5. The molecule has 0 aliphatic carbocycles. The molecule has 0 aromatic carbocycles. The van der Waals surface area contributed by atoms with Gasteiger partial charge in [-0.3, -0.25) is 9.78 Å². The summed E-state index contributed by atoms with van der Waals surface area (Å²) in [5, 5.41) is 8.56. The summed E-state index contributed by atoms with van der Waals surface area (Å²) in [7, 11) is 0. The zero-order chi connectivity index (χ0) is 15.4. The fourth-order valence-electron chi connectivity index (χ4n) is 2.30. The molecule has 112 valence electrons. The van der Waals surface area contributed by atoms with Gasteiger partial charge in [0.25, 0.3) is 5.91 Å². The first-order chi connectivity index (χ1) is 9.95. The molecule has 0 spiro atoms. The van der Waals surface area contributed by atoms with Crippen molar-refractivity contribution < 1.29 is 19.4 Å². The van der Waals surface area contributed by atoms with E-state index in [2.05, 4.69) is 4.98 Å². The van der Waals surface area contributed by atoms with E-state index in [1.807, 2.05) is 13.8 Å². The van der Waals surface area contributed by atoms with Crippen molar-refractivity contribution in [2.75, 3.05) is 13.1 Å². The molecule has 2 heterocycles.